The molecular weight excluding hydrogens is 532 g/mol. The minimum Gasteiger partial charge on any atom is -0.496 e. The van der Waals surface area contributed by atoms with E-state index in [1.165, 1.54) is 0 Å². The molecule has 39 heavy (non-hydrogen) atoms. The van der Waals surface area contributed by atoms with E-state index in [2.05, 4.69) is 46.8 Å². The average molecular weight is 567 g/mol. The summed E-state index contributed by atoms with van der Waals surface area (Å²) in [6.07, 6.45) is 9.07. The first kappa shape index (κ1) is 27.3. The first-order valence-corrected chi connectivity index (χ1v) is 15.0. The lowest BCUT2D eigenvalue weighted by molar-refractivity contribution is 0.0185. The maximum absolute atomic E-state index is 12.4. The molecule has 0 saturated carbocycles. The number of carbonyl (C=O) groups excluding carboxylic acids is 1. The van der Waals surface area contributed by atoms with Crippen LogP contribution in [0.2, 0.25) is 0 Å². The third kappa shape index (κ3) is 5.99. The van der Waals surface area contributed by atoms with E-state index >= 15 is 0 Å². The number of aromatic nitrogens is 4. The Balaban J connectivity index is 1.31. The van der Waals surface area contributed by atoms with Gasteiger partial charge < -0.3 is 19.7 Å². The summed E-state index contributed by atoms with van der Waals surface area (Å²) in [5, 5.41) is 7.91. The summed E-state index contributed by atoms with van der Waals surface area (Å²) in [6.45, 7) is 9.05. The maximum atomic E-state index is 12.4. The molecule has 5 rings (SSSR count). The molecule has 1 fully saturated rings. The minimum absolute atomic E-state index is 0.213. The van der Waals surface area contributed by atoms with Crippen LogP contribution in [0.1, 0.15) is 44.5 Å². The van der Waals surface area contributed by atoms with E-state index in [0.717, 1.165) is 55.4 Å². The molecule has 1 aliphatic heterocycles. The topological polar surface area (TPSA) is 94.4 Å². The fourth-order valence-corrected chi connectivity index (χ4v) is 6.18. The van der Waals surface area contributed by atoms with Crippen LogP contribution in [0.5, 0.6) is 5.75 Å². The molecule has 1 aromatic carbocycles. The van der Waals surface area contributed by atoms with Crippen molar-refractivity contribution in [3.8, 4) is 16.9 Å². The van der Waals surface area contributed by atoms with Crippen LogP contribution in [0.3, 0.4) is 0 Å². The van der Waals surface area contributed by atoms with Crippen LogP contribution in [0.15, 0.2) is 41.7 Å². The number of thioether (sulfide) groups is 1. The summed E-state index contributed by atoms with van der Waals surface area (Å²) in [5.74, 6) is 1.34. The number of fused-ring (bicyclic) bond motifs is 1. The SMILES string of the molecule is COc1cc(SC)ccc1-c1c(C)sc2cnc(Nc3cnn(C4CCN(C(=O)OC(C)(C)C)CC4)c3)nc12. The van der Waals surface area contributed by atoms with Crippen molar-refractivity contribution in [3.05, 3.63) is 41.7 Å². The summed E-state index contributed by atoms with van der Waals surface area (Å²) in [4.78, 5) is 25.9. The Kier molecular flexibility index (Phi) is 7.73. The highest BCUT2D eigenvalue weighted by Crippen LogP contribution is 2.42. The number of amides is 1. The van der Waals surface area contributed by atoms with Gasteiger partial charge in [-0.3, -0.25) is 4.68 Å². The molecule has 1 saturated heterocycles. The summed E-state index contributed by atoms with van der Waals surface area (Å²) < 4.78 is 14.2. The lowest BCUT2D eigenvalue weighted by Crippen LogP contribution is -2.42. The number of aryl methyl sites for hydroxylation is 1. The molecule has 4 heterocycles. The van der Waals surface area contributed by atoms with Gasteiger partial charge in [-0.25, -0.2) is 14.8 Å². The van der Waals surface area contributed by atoms with Crippen LogP contribution in [-0.4, -0.2) is 62.8 Å². The van der Waals surface area contributed by atoms with Crippen molar-refractivity contribution in [2.75, 3.05) is 31.8 Å². The van der Waals surface area contributed by atoms with Gasteiger partial charge in [-0.1, -0.05) is 0 Å². The number of thiophene rings is 1. The van der Waals surface area contributed by atoms with E-state index in [9.17, 15) is 4.79 Å². The van der Waals surface area contributed by atoms with E-state index in [1.54, 1.807) is 41.3 Å². The molecule has 11 heteroatoms. The highest BCUT2D eigenvalue weighted by Gasteiger charge is 2.28. The van der Waals surface area contributed by atoms with Crippen LogP contribution >= 0.6 is 23.1 Å². The molecule has 0 atom stereocenters. The van der Waals surface area contributed by atoms with Gasteiger partial charge in [-0.05, 0) is 65.0 Å². The van der Waals surface area contributed by atoms with Gasteiger partial charge in [0.25, 0.3) is 0 Å². The fourth-order valence-electron chi connectivity index (χ4n) is 4.76. The van der Waals surface area contributed by atoms with E-state index in [1.807, 2.05) is 37.8 Å². The van der Waals surface area contributed by atoms with Gasteiger partial charge in [0, 0.05) is 40.2 Å². The van der Waals surface area contributed by atoms with E-state index in [0.29, 0.717) is 19.0 Å². The fraction of sp³-hybridized carbons (Fsp3) is 0.429. The number of carbonyl (C=O) groups is 1. The van der Waals surface area contributed by atoms with Crippen molar-refractivity contribution < 1.29 is 14.3 Å². The lowest BCUT2D eigenvalue weighted by atomic mass is 10.0. The predicted molar refractivity (Wildman–Crippen MR) is 158 cm³/mol. The van der Waals surface area contributed by atoms with Gasteiger partial charge in [-0.2, -0.15) is 5.10 Å². The molecule has 0 bridgehead atoms. The zero-order chi connectivity index (χ0) is 27.7. The minimum atomic E-state index is -0.491. The quantitative estimate of drug-likeness (QED) is 0.252. The van der Waals surface area contributed by atoms with Gasteiger partial charge in [0.15, 0.2) is 0 Å². The van der Waals surface area contributed by atoms with Gasteiger partial charge in [0.05, 0.1) is 41.4 Å². The first-order valence-electron chi connectivity index (χ1n) is 12.9. The van der Waals surface area contributed by atoms with Crippen molar-refractivity contribution in [3.63, 3.8) is 0 Å². The van der Waals surface area contributed by atoms with Crippen molar-refractivity contribution >= 4 is 51.0 Å². The van der Waals surface area contributed by atoms with Crippen molar-refractivity contribution in [2.24, 2.45) is 0 Å². The Morgan fingerprint density at radius 1 is 1.21 bits per heavy atom. The third-order valence-electron chi connectivity index (χ3n) is 6.63. The lowest BCUT2D eigenvalue weighted by Gasteiger charge is -2.33. The smallest absolute Gasteiger partial charge is 0.410 e. The van der Waals surface area contributed by atoms with Crippen molar-refractivity contribution in [1.82, 2.24) is 24.6 Å². The van der Waals surface area contributed by atoms with Gasteiger partial charge in [-0.15, -0.1) is 23.1 Å². The standard InChI is InChI=1S/C28H34N6O3S2/c1-17-24(21-8-7-20(38-6)13-22(21)36-5)25-23(39-17)15-29-26(32-25)31-18-14-30-34(16-18)19-9-11-33(12-10-19)27(35)37-28(2,3)4/h7-8,13-16,19H,9-12H2,1-6H3,(H,29,31,32). The Bertz CT molecular complexity index is 1480. The maximum Gasteiger partial charge on any atom is 0.410 e. The van der Waals surface area contributed by atoms with Gasteiger partial charge >= 0.3 is 6.09 Å². The molecule has 9 nitrogen and oxygen atoms in total. The molecule has 3 aromatic heterocycles. The number of hydrogen-bond acceptors (Lipinski definition) is 9. The highest BCUT2D eigenvalue weighted by atomic mass is 32.2. The second-order valence-electron chi connectivity index (χ2n) is 10.5. The van der Waals surface area contributed by atoms with E-state index in [4.69, 9.17) is 14.5 Å². The molecule has 1 aliphatic rings. The van der Waals surface area contributed by atoms with Gasteiger partial charge in [0.2, 0.25) is 5.95 Å². The highest BCUT2D eigenvalue weighted by molar-refractivity contribution is 7.98. The number of likely N-dealkylation sites (tertiary alicyclic amines) is 1. The summed E-state index contributed by atoms with van der Waals surface area (Å²) in [6, 6.07) is 6.49. The average Bonchev–Trinajstić information content (AvgIpc) is 3.50. The Hall–Kier alpha value is -3.31. The number of nitrogens with one attached hydrogen (secondary N) is 1. The summed E-state index contributed by atoms with van der Waals surface area (Å²) in [5.41, 5.74) is 3.31. The second-order valence-corrected chi connectivity index (χ2v) is 12.7. The number of piperidine rings is 1. The summed E-state index contributed by atoms with van der Waals surface area (Å²) >= 11 is 3.37. The normalized spacial score (nSPS) is 14.6. The molecule has 4 aromatic rings. The number of nitrogens with zero attached hydrogens (tertiary/aromatic N) is 5. The monoisotopic (exact) mass is 566 g/mol. The van der Waals surface area contributed by atoms with Gasteiger partial charge in [0.1, 0.15) is 11.4 Å². The number of hydrogen-bond donors (Lipinski definition) is 1. The van der Waals surface area contributed by atoms with E-state index in [-0.39, 0.29) is 12.1 Å². The number of ether oxygens (including phenoxy) is 2. The van der Waals surface area contributed by atoms with Crippen molar-refractivity contribution in [1.29, 1.82) is 0 Å². The molecule has 0 aliphatic carbocycles. The van der Waals surface area contributed by atoms with Crippen LogP contribution < -0.4 is 10.1 Å². The second kappa shape index (κ2) is 11.1. The summed E-state index contributed by atoms with van der Waals surface area (Å²) in [7, 11) is 1.70. The van der Waals surface area contributed by atoms with Crippen LogP contribution in [-0.2, 0) is 4.74 Å². The first-order chi connectivity index (χ1) is 18.6. The number of benzene rings is 1. The van der Waals surface area contributed by atoms with Crippen LogP contribution in [0.25, 0.3) is 21.3 Å². The number of methoxy groups -OCH3 is 1. The predicted octanol–water partition coefficient (Wildman–Crippen LogP) is 6.91. The van der Waals surface area contributed by atoms with Crippen molar-refractivity contribution in [2.45, 2.75) is 57.1 Å². The van der Waals surface area contributed by atoms with Crippen LogP contribution in [0.4, 0.5) is 16.4 Å². The third-order valence-corrected chi connectivity index (χ3v) is 8.39. The molecule has 0 radical (unpaired) electrons. The Labute approximate surface area is 236 Å². The Morgan fingerprint density at radius 3 is 2.67 bits per heavy atom. The molecule has 206 valence electrons. The number of anilines is 2. The zero-order valence-corrected chi connectivity index (χ0v) is 24.8. The number of rotatable bonds is 6. The Morgan fingerprint density at radius 2 is 1.97 bits per heavy atom. The molecular formula is C28H34N6O3S2. The molecule has 0 unspecified atom stereocenters. The zero-order valence-electron chi connectivity index (χ0n) is 23.1. The molecule has 1 amide bonds. The molecule has 0 spiro atoms. The largest absolute Gasteiger partial charge is 0.496 e. The van der Waals surface area contributed by atoms with Crippen LogP contribution in [0, 0.1) is 6.92 Å². The van der Waals surface area contributed by atoms with E-state index < -0.39 is 5.60 Å². The molecule has 1 N–H and O–H groups in total.